The molecule has 1 aliphatic rings. The normalized spacial score (nSPS) is 13.5. The molecule has 3 aromatic carbocycles. The summed E-state index contributed by atoms with van der Waals surface area (Å²) in [4.78, 5) is 18.9. The van der Waals surface area contributed by atoms with Crippen LogP contribution in [0.25, 0.3) is 28.0 Å². The first-order valence-electron chi connectivity index (χ1n) is 10.7. The van der Waals surface area contributed by atoms with Crippen LogP contribution in [0.4, 0.5) is 11.5 Å². The summed E-state index contributed by atoms with van der Waals surface area (Å²) in [7, 11) is -3.86. The molecule has 4 aromatic rings. The third-order valence-corrected chi connectivity index (χ3v) is 6.95. The average molecular weight is 471 g/mol. The van der Waals surface area contributed by atoms with Crippen LogP contribution in [0.1, 0.15) is 11.1 Å². The molecule has 7 nitrogen and oxygen atoms in total. The predicted molar refractivity (Wildman–Crippen MR) is 134 cm³/mol. The number of rotatable bonds is 4. The van der Waals surface area contributed by atoms with Gasteiger partial charge in [0.05, 0.1) is 4.90 Å². The first-order valence-corrected chi connectivity index (χ1v) is 12.2. The largest absolute Gasteiger partial charge is 0.383 e. The molecule has 0 fully saturated rings. The van der Waals surface area contributed by atoms with E-state index in [1.165, 1.54) is 6.07 Å². The molecule has 170 valence electrons. The van der Waals surface area contributed by atoms with Crippen LogP contribution >= 0.6 is 0 Å². The number of sulfonamides is 1. The van der Waals surface area contributed by atoms with Gasteiger partial charge in [-0.1, -0.05) is 36.4 Å². The molecule has 5 rings (SSSR count). The Kier molecular flexibility index (Phi) is 5.39. The zero-order chi connectivity index (χ0) is 23.9. The van der Waals surface area contributed by atoms with Gasteiger partial charge in [-0.05, 0) is 64.9 Å². The Balaban J connectivity index is 1.41. The molecule has 0 atom stereocenters. The van der Waals surface area contributed by atoms with Gasteiger partial charge < -0.3 is 10.6 Å². The third-order valence-electron chi connectivity index (χ3n) is 5.99. The number of nitrogens with zero attached hydrogens (tertiary/aromatic N) is 2. The molecule has 0 saturated heterocycles. The zero-order valence-corrected chi connectivity index (χ0v) is 19.0. The Bertz CT molecular complexity index is 1580. The van der Waals surface area contributed by atoms with E-state index < -0.39 is 10.0 Å². The topological polar surface area (TPSA) is 119 Å². The summed E-state index contributed by atoms with van der Waals surface area (Å²) < 4.78 is 24.0. The van der Waals surface area contributed by atoms with Crippen molar-refractivity contribution in [2.45, 2.75) is 11.3 Å². The SMILES string of the molecule is Nc1nccc2ccc(C=CC(=O)N3CCc4cc(-c5ccccc5S(N)(=O)=O)ccc43)cc12. The molecule has 0 unspecified atom stereocenters. The van der Waals surface area contributed by atoms with Gasteiger partial charge >= 0.3 is 0 Å². The van der Waals surface area contributed by atoms with Crippen molar-refractivity contribution in [2.75, 3.05) is 17.2 Å². The Labute approximate surface area is 197 Å². The van der Waals surface area contributed by atoms with Gasteiger partial charge in [-0.25, -0.2) is 18.5 Å². The van der Waals surface area contributed by atoms with Gasteiger partial charge in [0.1, 0.15) is 5.82 Å². The first-order chi connectivity index (χ1) is 16.3. The predicted octanol–water partition coefficient (Wildman–Crippen LogP) is 3.73. The Hall–Kier alpha value is -4.01. The number of fused-ring (bicyclic) bond motifs is 2. The van der Waals surface area contributed by atoms with Gasteiger partial charge in [-0.2, -0.15) is 0 Å². The van der Waals surface area contributed by atoms with Gasteiger partial charge in [0.15, 0.2) is 0 Å². The Morgan fingerprint density at radius 2 is 1.85 bits per heavy atom. The number of nitrogen functional groups attached to an aromatic ring is 1. The van der Waals surface area contributed by atoms with Crippen LogP contribution in [0, 0.1) is 0 Å². The van der Waals surface area contributed by atoms with Crippen molar-refractivity contribution >= 4 is 44.3 Å². The molecule has 8 heteroatoms. The Morgan fingerprint density at radius 1 is 1.03 bits per heavy atom. The fraction of sp³-hybridized carbons (Fsp3) is 0.0769. The lowest BCUT2D eigenvalue weighted by Crippen LogP contribution is -2.26. The van der Waals surface area contributed by atoms with Gasteiger partial charge in [0, 0.05) is 35.5 Å². The van der Waals surface area contributed by atoms with E-state index in [1.807, 2.05) is 42.5 Å². The quantitative estimate of drug-likeness (QED) is 0.441. The van der Waals surface area contributed by atoms with Crippen LogP contribution in [-0.4, -0.2) is 25.9 Å². The van der Waals surface area contributed by atoms with E-state index in [-0.39, 0.29) is 10.8 Å². The minimum atomic E-state index is -3.86. The molecule has 4 N–H and O–H groups in total. The van der Waals surface area contributed by atoms with Gasteiger partial charge in [-0.15, -0.1) is 0 Å². The molecule has 1 aromatic heterocycles. The number of hydrogen-bond donors (Lipinski definition) is 2. The van der Waals surface area contributed by atoms with Crippen LogP contribution < -0.4 is 15.8 Å². The minimum Gasteiger partial charge on any atom is -0.383 e. The van der Waals surface area contributed by atoms with E-state index in [9.17, 15) is 13.2 Å². The lowest BCUT2D eigenvalue weighted by Gasteiger charge is -2.16. The maximum atomic E-state index is 13.0. The van der Waals surface area contributed by atoms with Crippen molar-refractivity contribution in [3.63, 3.8) is 0 Å². The van der Waals surface area contributed by atoms with E-state index in [4.69, 9.17) is 10.9 Å². The van der Waals surface area contributed by atoms with E-state index in [2.05, 4.69) is 4.98 Å². The van der Waals surface area contributed by atoms with Crippen LogP contribution in [-0.2, 0) is 21.2 Å². The van der Waals surface area contributed by atoms with Crippen LogP contribution in [0.3, 0.4) is 0 Å². The van der Waals surface area contributed by atoms with Crippen molar-refractivity contribution in [2.24, 2.45) is 5.14 Å². The third kappa shape index (κ3) is 4.05. The molecule has 2 heterocycles. The molecule has 0 spiro atoms. The minimum absolute atomic E-state index is 0.0787. The van der Waals surface area contributed by atoms with E-state index in [0.717, 1.165) is 33.2 Å². The number of pyridine rings is 1. The maximum absolute atomic E-state index is 13.0. The summed E-state index contributed by atoms with van der Waals surface area (Å²) in [6.45, 7) is 0.549. The van der Waals surface area contributed by atoms with Crippen molar-refractivity contribution < 1.29 is 13.2 Å². The fourth-order valence-corrected chi connectivity index (χ4v) is 5.08. The Morgan fingerprint density at radius 3 is 2.68 bits per heavy atom. The number of carbonyl (C=O) groups is 1. The highest BCUT2D eigenvalue weighted by Gasteiger charge is 2.24. The number of hydrogen-bond acceptors (Lipinski definition) is 5. The summed E-state index contributed by atoms with van der Waals surface area (Å²) in [6.07, 6.45) is 5.66. The summed E-state index contributed by atoms with van der Waals surface area (Å²) >= 11 is 0. The summed E-state index contributed by atoms with van der Waals surface area (Å²) in [5.41, 5.74) is 9.91. The van der Waals surface area contributed by atoms with E-state index in [0.29, 0.717) is 24.3 Å². The molecular weight excluding hydrogens is 448 g/mol. The lowest BCUT2D eigenvalue weighted by molar-refractivity contribution is -0.114. The number of nitrogens with two attached hydrogens (primary N) is 2. The monoisotopic (exact) mass is 470 g/mol. The second-order valence-electron chi connectivity index (χ2n) is 8.13. The number of benzene rings is 3. The number of aromatic nitrogens is 1. The van der Waals surface area contributed by atoms with Crippen molar-refractivity contribution in [1.29, 1.82) is 0 Å². The zero-order valence-electron chi connectivity index (χ0n) is 18.2. The molecule has 0 radical (unpaired) electrons. The molecule has 0 aliphatic carbocycles. The second kappa shape index (κ2) is 8.40. The van der Waals surface area contributed by atoms with Crippen LogP contribution in [0.2, 0.25) is 0 Å². The number of amides is 1. The van der Waals surface area contributed by atoms with Crippen molar-refractivity contribution in [3.05, 3.63) is 90.1 Å². The standard InChI is InChI=1S/C26H22N4O3S/c27-26-22-15-17(5-7-18(22)11-13-29-26)6-10-25(31)30-14-12-20-16-19(8-9-23(20)30)21-3-1-2-4-24(21)34(28,32)33/h1-11,13,15-16H,12,14H2,(H2,27,29)(H2,28,32,33). The van der Waals surface area contributed by atoms with Gasteiger partial charge in [0.25, 0.3) is 5.91 Å². The molecular formula is C26H22N4O3S. The highest BCUT2D eigenvalue weighted by Crippen LogP contribution is 2.34. The van der Waals surface area contributed by atoms with E-state index >= 15 is 0 Å². The van der Waals surface area contributed by atoms with Crippen LogP contribution in [0.15, 0.2) is 83.9 Å². The average Bonchev–Trinajstić information content (AvgIpc) is 3.26. The lowest BCUT2D eigenvalue weighted by atomic mass is 10.0. The molecule has 0 saturated carbocycles. The molecule has 1 amide bonds. The fourth-order valence-electron chi connectivity index (χ4n) is 4.32. The van der Waals surface area contributed by atoms with Crippen LogP contribution in [0.5, 0.6) is 0 Å². The summed E-state index contributed by atoms with van der Waals surface area (Å²) in [6, 6.07) is 19.9. The summed E-state index contributed by atoms with van der Waals surface area (Å²) in [5.74, 6) is 0.322. The number of carbonyl (C=O) groups excluding carboxylic acids is 1. The molecule has 34 heavy (non-hydrogen) atoms. The number of anilines is 2. The van der Waals surface area contributed by atoms with Gasteiger partial charge in [0.2, 0.25) is 10.0 Å². The van der Waals surface area contributed by atoms with Gasteiger partial charge in [-0.3, -0.25) is 4.79 Å². The second-order valence-corrected chi connectivity index (χ2v) is 9.66. The summed E-state index contributed by atoms with van der Waals surface area (Å²) in [5, 5.41) is 7.22. The smallest absolute Gasteiger partial charge is 0.251 e. The van der Waals surface area contributed by atoms with Crippen molar-refractivity contribution in [3.8, 4) is 11.1 Å². The molecule has 1 aliphatic heterocycles. The number of primary sulfonamides is 1. The maximum Gasteiger partial charge on any atom is 0.251 e. The van der Waals surface area contributed by atoms with E-state index in [1.54, 1.807) is 41.4 Å². The highest BCUT2D eigenvalue weighted by molar-refractivity contribution is 7.89. The molecule has 0 bridgehead atoms. The first kappa shape index (κ1) is 21.8. The highest BCUT2D eigenvalue weighted by atomic mass is 32.2. The van der Waals surface area contributed by atoms with Crippen molar-refractivity contribution in [1.82, 2.24) is 4.98 Å².